The van der Waals surface area contributed by atoms with Crippen molar-refractivity contribution in [3.8, 4) is 5.75 Å². The second kappa shape index (κ2) is 7.91. The molecule has 0 saturated carbocycles. The Bertz CT molecular complexity index is 419. The predicted molar refractivity (Wildman–Crippen MR) is 85.7 cm³/mol. The zero-order valence-corrected chi connectivity index (χ0v) is 13.2. The van der Waals surface area contributed by atoms with Crippen molar-refractivity contribution >= 4 is 11.8 Å². The third kappa shape index (κ3) is 3.68. The highest BCUT2D eigenvalue weighted by molar-refractivity contribution is 7.98. The first-order valence-corrected chi connectivity index (χ1v) is 8.71. The topological polar surface area (TPSA) is 41.5 Å². The van der Waals surface area contributed by atoms with Gasteiger partial charge in [-0.05, 0) is 49.1 Å². The van der Waals surface area contributed by atoms with E-state index in [-0.39, 0.29) is 6.61 Å². The molecule has 0 heterocycles. The molecular weight excluding hydrogens is 270 g/mol. The second-order valence-corrected chi connectivity index (χ2v) is 6.21. The number of hydrogen-bond donors (Lipinski definition) is 2. The highest BCUT2D eigenvalue weighted by Gasteiger charge is 2.24. The number of rotatable bonds is 7. The minimum absolute atomic E-state index is 0.246. The lowest BCUT2D eigenvalue weighted by atomic mass is 9.86. The van der Waals surface area contributed by atoms with Gasteiger partial charge < -0.3 is 15.2 Å². The second-order valence-electron chi connectivity index (χ2n) is 5.30. The summed E-state index contributed by atoms with van der Waals surface area (Å²) in [5.41, 5.74) is 2.73. The van der Waals surface area contributed by atoms with Gasteiger partial charge >= 0.3 is 0 Å². The number of hydrogen-bond acceptors (Lipinski definition) is 4. The van der Waals surface area contributed by atoms with Crippen LogP contribution < -0.4 is 10.1 Å². The van der Waals surface area contributed by atoms with E-state index in [1.165, 1.54) is 17.5 Å². The van der Waals surface area contributed by atoms with E-state index in [0.29, 0.717) is 12.1 Å². The normalized spacial score (nSPS) is 19.4. The van der Waals surface area contributed by atoms with Crippen molar-refractivity contribution in [2.45, 2.75) is 37.8 Å². The molecule has 3 nitrogen and oxygen atoms in total. The molecule has 1 aromatic rings. The predicted octanol–water partition coefficient (Wildman–Crippen LogP) is 2.78. The number of benzene rings is 1. The van der Waals surface area contributed by atoms with E-state index in [1.54, 1.807) is 7.11 Å². The molecule has 0 aromatic heterocycles. The molecular formula is C16H25NO2S. The van der Waals surface area contributed by atoms with E-state index in [1.807, 2.05) is 17.8 Å². The van der Waals surface area contributed by atoms with Gasteiger partial charge in [0.25, 0.3) is 0 Å². The lowest BCUT2D eigenvalue weighted by Crippen LogP contribution is -2.37. The van der Waals surface area contributed by atoms with Gasteiger partial charge in [-0.2, -0.15) is 11.8 Å². The average molecular weight is 295 g/mol. The quantitative estimate of drug-likeness (QED) is 0.811. The van der Waals surface area contributed by atoms with Gasteiger partial charge in [-0.15, -0.1) is 0 Å². The molecule has 112 valence electrons. The Morgan fingerprint density at radius 2 is 2.35 bits per heavy atom. The Hall–Kier alpha value is -0.710. The summed E-state index contributed by atoms with van der Waals surface area (Å²) in [4.78, 5) is 0. The minimum Gasteiger partial charge on any atom is -0.496 e. The first kappa shape index (κ1) is 15.7. The van der Waals surface area contributed by atoms with E-state index in [0.717, 1.165) is 30.8 Å². The molecule has 0 fully saturated rings. The molecule has 1 aliphatic rings. The maximum Gasteiger partial charge on any atom is 0.122 e. The van der Waals surface area contributed by atoms with Crippen molar-refractivity contribution in [1.29, 1.82) is 0 Å². The standard InChI is InChI=1S/C16H25NO2S/c1-19-16-8-4-5-13-14(16)6-3-7-15(13)17-12(9-10-18)11-20-2/h4-5,8,12,15,17-18H,3,6-7,9-11H2,1-2H3/t12-,15+/m1/s1. The molecule has 20 heavy (non-hydrogen) atoms. The summed E-state index contributed by atoms with van der Waals surface area (Å²) < 4.78 is 5.49. The number of ether oxygens (including phenoxy) is 1. The summed E-state index contributed by atoms with van der Waals surface area (Å²) in [6, 6.07) is 7.10. The first-order valence-electron chi connectivity index (χ1n) is 7.31. The number of fused-ring (bicyclic) bond motifs is 1. The Kier molecular flexibility index (Phi) is 6.20. The van der Waals surface area contributed by atoms with Gasteiger partial charge in [-0.25, -0.2) is 0 Å². The van der Waals surface area contributed by atoms with Crippen molar-refractivity contribution in [2.75, 3.05) is 25.7 Å². The monoisotopic (exact) mass is 295 g/mol. The molecule has 4 heteroatoms. The van der Waals surface area contributed by atoms with Crippen molar-refractivity contribution in [3.05, 3.63) is 29.3 Å². The zero-order valence-electron chi connectivity index (χ0n) is 12.4. The van der Waals surface area contributed by atoms with Gasteiger partial charge in [0.05, 0.1) is 7.11 Å². The molecule has 1 aromatic carbocycles. The Morgan fingerprint density at radius 1 is 1.50 bits per heavy atom. The summed E-state index contributed by atoms with van der Waals surface area (Å²) in [7, 11) is 1.74. The van der Waals surface area contributed by atoms with Crippen molar-refractivity contribution in [1.82, 2.24) is 5.32 Å². The van der Waals surface area contributed by atoms with Crippen LogP contribution in [-0.4, -0.2) is 36.9 Å². The summed E-state index contributed by atoms with van der Waals surface area (Å²) in [6.45, 7) is 0.246. The van der Waals surface area contributed by atoms with Crippen LogP contribution in [0.15, 0.2) is 18.2 Å². The minimum atomic E-state index is 0.246. The maximum atomic E-state index is 9.20. The molecule has 2 rings (SSSR count). The molecule has 0 amide bonds. The van der Waals surface area contributed by atoms with Crippen molar-refractivity contribution in [2.24, 2.45) is 0 Å². The molecule has 0 unspecified atom stereocenters. The number of thioether (sulfide) groups is 1. The van der Waals surface area contributed by atoms with Gasteiger partial charge in [0.1, 0.15) is 5.75 Å². The van der Waals surface area contributed by atoms with E-state index >= 15 is 0 Å². The summed E-state index contributed by atoms with van der Waals surface area (Å²) in [5.74, 6) is 2.05. The molecule has 1 aliphatic carbocycles. The highest BCUT2D eigenvalue weighted by Crippen LogP contribution is 2.35. The first-order chi connectivity index (χ1) is 9.80. The van der Waals surface area contributed by atoms with Crippen LogP contribution in [0, 0.1) is 0 Å². The third-order valence-corrected chi connectivity index (χ3v) is 4.70. The van der Waals surface area contributed by atoms with Crippen LogP contribution in [0.4, 0.5) is 0 Å². The third-order valence-electron chi connectivity index (χ3n) is 3.97. The fourth-order valence-corrected chi connectivity index (χ4v) is 3.70. The van der Waals surface area contributed by atoms with Crippen LogP contribution in [0.3, 0.4) is 0 Å². The van der Waals surface area contributed by atoms with Crippen LogP contribution in [0.1, 0.15) is 36.4 Å². The summed E-state index contributed by atoms with van der Waals surface area (Å²) >= 11 is 1.83. The Balaban J connectivity index is 2.15. The highest BCUT2D eigenvalue weighted by atomic mass is 32.2. The molecule has 0 bridgehead atoms. The SMILES string of the molecule is COc1cccc2c1CCC[C@@H]2N[C@H](CCO)CSC. The number of nitrogens with one attached hydrogen (secondary N) is 1. The summed E-state index contributed by atoms with van der Waals surface area (Å²) in [6.07, 6.45) is 6.39. The van der Waals surface area contributed by atoms with Crippen LogP contribution >= 0.6 is 11.8 Å². The van der Waals surface area contributed by atoms with Crippen LogP contribution in [0.5, 0.6) is 5.75 Å². The number of aliphatic hydroxyl groups excluding tert-OH is 1. The van der Waals surface area contributed by atoms with Gasteiger partial charge in [0.15, 0.2) is 0 Å². The van der Waals surface area contributed by atoms with E-state index in [9.17, 15) is 5.11 Å². The Labute approximate surface area is 126 Å². The van der Waals surface area contributed by atoms with Gasteiger partial charge in [-0.1, -0.05) is 12.1 Å². The average Bonchev–Trinajstić information content (AvgIpc) is 2.47. The lowest BCUT2D eigenvalue weighted by molar-refractivity contribution is 0.261. The van der Waals surface area contributed by atoms with Crippen LogP contribution in [0.25, 0.3) is 0 Å². The van der Waals surface area contributed by atoms with Gasteiger partial charge in [0, 0.05) is 24.4 Å². The lowest BCUT2D eigenvalue weighted by Gasteiger charge is -2.31. The molecule has 0 aliphatic heterocycles. The molecule has 2 N–H and O–H groups in total. The molecule has 0 radical (unpaired) electrons. The van der Waals surface area contributed by atoms with Gasteiger partial charge in [-0.3, -0.25) is 0 Å². The number of methoxy groups -OCH3 is 1. The van der Waals surface area contributed by atoms with E-state index < -0.39 is 0 Å². The maximum absolute atomic E-state index is 9.20. The van der Waals surface area contributed by atoms with Crippen LogP contribution in [0.2, 0.25) is 0 Å². The Morgan fingerprint density at radius 3 is 3.05 bits per heavy atom. The van der Waals surface area contributed by atoms with Gasteiger partial charge in [0.2, 0.25) is 0 Å². The fraction of sp³-hybridized carbons (Fsp3) is 0.625. The van der Waals surface area contributed by atoms with Crippen molar-refractivity contribution < 1.29 is 9.84 Å². The molecule has 0 spiro atoms. The molecule has 2 atom stereocenters. The zero-order chi connectivity index (χ0) is 14.4. The molecule has 0 saturated heterocycles. The van der Waals surface area contributed by atoms with E-state index in [2.05, 4.69) is 23.7 Å². The van der Waals surface area contributed by atoms with E-state index in [4.69, 9.17) is 4.74 Å². The van der Waals surface area contributed by atoms with Crippen LogP contribution in [-0.2, 0) is 6.42 Å². The number of aliphatic hydroxyl groups is 1. The smallest absolute Gasteiger partial charge is 0.122 e. The fourth-order valence-electron chi connectivity index (χ4n) is 3.04. The van der Waals surface area contributed by atoms with Crippen molar-refractivity contribution in [3.63, 3.8) is 0 Å². The largest absolute Gasteiger partial charge is 0.496 e. The summed E-state index contributed by atoms with van der Waals surface area (Å²) in [5, 5.41) is 12.9.